The van der Waals surface area contributed by atoms with E-state index in [1.54, 1.807) is 11.8 Å². The fraction of sp³-hybridized carbons (Fsp3) is 0.400. The Balaban J connectivity index is 1.54. The van der Waals surface area contributed by atoms with Crippen molar-refractivity contribution in [2.24, 2.45) is 5.10 Å². The smallest absolute Gasteiger partial charge is 0.212 e. The van der Waals surface area contributed by atoms with Crippen molar-refractivity contribution < 1.29 is 4.74 Å². The molecule has 0 N–H and O–H groups in total. The van der Waals surface area contributed by atoms with Gasteiger partial charge in [-0.25, -0.2) is 0 Å². The molecule has 1 unspecified atom stereocenters. The van der Waals surface area contributed by atoms with E-state index in [1.807, 2.05) is 35.0 Å². The Labute approximate surface area is 127 Å². The lowest BCUT2D eigenvalue weighted by molar-refractivity contribution is 0.289. The number of rotatable bonds is 3. The minimum Gasteiger partial charge on any atom is -0.486 e. The second-order valence-electron chi connectivity index (χ2n) is 5.26. The average Bonchev–Trinajstić information content (AvgIpc) is 2.94. The number of fused-ring (bicyclic) bond motifs is 2. The molecule has 1 atom stereocenters. The van der Waals surface area contributed by atoms with Gasteiger partial charge >= 0.3 is 0 Å². The normalized spacial score (nSPS) is 20.4. The molecule has 4 rings (SSSR count). The zero-order valence-corrected chi connectivity index (χ0v) is 12.4. The van der Waals surface area contributed by atoms with Gasteiger partial charge in [0.1, 0.15) is 12.4 Å². The van der Waals surface area contributed by atoms with E-state index in [0.717, 1.165) is 23.2 Å². The molecular formula is C15H16N4OS. The third-order valence-corrected chi connectivity index (χ3v) is 5.04. The Hall–Kier alpha value is -1.82. The Morgan fingerprint density at radius 3 is 3.00 bits per heavy atom. The molecule has 2 aromatic rings. The first-order valence-electron chi connectivity index (χ1n) is 7.27. The van der Waals surface area contributed by atoms with Gasteiger partial charge in [-0.15, -0.1) is 10.2 Å². The van der Waals surface area contributed by atoms with Crippen LogP contribution in [0.15, 0.2) is 40.6 Å². The summed E-state index contributed by atoms with van der Waals surface area (Å²) in [7, 11) is 0. The molecule has 1 aromatic heterocycles. The van der Waals surface area contributed by atoms with Crippen LogP contribution in [-0.4, -0.2) is 25.8 Å². The van der Waals surface area contributed by atoms with Crippen molar-refractivity contribution >= 4 is 17.5 Å². The summed E-state index contributed by atoms with van der Waals surface area (Å²) < 4.78 is 7.60. The predicted molar refractivity (Wildman–Crippen MR) is 81.7 cm³/mol. The second kappa shape index (κ2) is 5.52. The first-order chi connectivity index (χ1) is 10.4. The highest BCUT2D eigenvalue weighted by Crippen LogP contribution is 2.35. The highest BCUT2D eigenvalue weighted by molar-refractivity contribution is 8.00. The van der Waals surface area contributed by atoms with Crippen LogP contribution in [0.5, 0.6) is 5.75 Å². The average molecular weight is 300 g/mol. The molecule has 0 saturated heterocycles. The molecule has 108 valence electrons. The number of ether oxygens (including phenoxy) is 1. The van der Waals surface area contributed by atoms with Gasteiger partial charge in [-0.05, 0) is 31.4 Å². The van der Waals surface area contributed by atoms with Crippen LogP contribution in [0.3, 0.4) is 0 Å². The lowest BCUT2D eigenvalue weighted by atomic mass is 9.98. The Bertz CT molecular complexity index is 668. The molecule has 2 heterocycles. The largest absolute Gasteiger partial charge is 0.486 e. The van der Waals surface area contributed by atoms with Gasteiger partial charge in [-0.1, -0.05) is 36.4 Å². The van der Waals surface area contributed by atoms with Crippen LogP contribution in [0.2, 0.25) is 0 Å². The maximum atomic E-state index is 5.75. The van der Waals surface area contributed by atoms with Crippen LogP contribution in [0.1, 0.15) is 31.5 Å². The zero-order chi connectivity index (χ0) is 14.1. The van der Waals surface area contributed by atoms with E-state index in [0.29, 0.717) is 11.9 Å². The van der Waals surface area contributed by atoms with Crippen molar-refractivity contribution in [1.29, 1.82) is 0 Å². The van der Waals surface area contributed by atoms with Crippen LogP contribution in [0, 0.1) is 0 Å². The summed E-state index contributed by atoms with van der Waals surface area (Å²) in [6.07, 6.45) is 4.82. The topological polar surface area (TPSA) is 52.3 Å². The fourth-order valence-corrected chi connectivity index (χ4v) is 3.86. The maximum Gasteiger partial charge on any atom is 0.212 e. The van der Waals surface area contributed by atoms with Crippen molar-refractivity contribution in [2.75, 3.05) is 0 Å². The summed E-state index contributed by atoms with van der Waals surface area (Å²) in [5.74, 6) is 1.60. The summed E-state index contributed by atoms with van der Waals surface area (Å²) in [5, 5.41) is 14.6. The number of hydrogen-bond acceptors (Lipinski definition) is 5. The summed E-state index contributed by atoms with van der Waals surface area (Å²) in [4.78, 5) is 0. The number of thioether (sulfide) groups is 1. The van der Waals surface area contributed by atoms with Crippen LogP contribution >= 0.6 is 11.8 Å². The van der Waals surface area contributed by atoms with E-state index in [-0.39, 0.29) is 0 Å². The number of benzene rings is 1. The number of hydrogen-bond donors (Lipinski definition) is 0. The van der Waals surface area contributed by atoms with E-state index in [9.17, 15) is 0 Å². The zero-order valence-electron chi connectivity index (χ0n) is 11.6. The molecule has 0 spiro atoms. The molecule has 1 aliphatic carbocycles. The Morgan fingerprint density at radius 2 is 2.10 bits per heavy atom. The molecule has 1 aliphatic heterocycles. The van der Waals surface area contributed by atoms with E-state index < -0.39 is 0 Å². The SMILES string of the molecule is c1ccc(OCc2nnc3n2N=C2CCCCC2S3)cc1. The molecule has 0 radical (unpaired) electrons. The van der Waals surface area contributed by atoms with Gasteiger partial charge in [0.05, 0.1) is 11.0 Å². The third-order valence-electron chi connectivity index (χ3n) is 3.78. The molecule has 6 heteroatoms. The molecule has 0 bridgehead atoms. The first kappa shape index (κ1) is 12.9. The van der Waals surface area contributed by atoms with Gasteiger partial charge in [0.15, 0.2) is 5.82 Å². The van der Waals surface area contributed by atoms with E-state index in [4.69, 9.17) is 9.84 Å². The highest BCUT2D eigenvalue weighted by Gasteiger charge is 2.29. The third kappa shape index (κ3) is 2.55. The summed E-state index contributed by atoms with van der Waals surface area (Å²) >= 11 is 1.79. The summed E-state index contributed by atoms with van der Waals surface area (Å²) in [6, 6.07) is 9.75. The monoisotopic (exact) mass is 300 g/mol. The Morgan fingerprint density at radius 1 is 1.19 bits per heavy atom. The Kier molecular flexibility index (Phi) is 3.39. The highest BCUT2D eigenvalue weighted by atomic mass is 32.2. The van der Waals surface area contributed by atoms with Gasteiger partial charge in [0.25, 0.3) is 0 Å². The molecular weight excluding hydrogens is 284 g/mol. The quantitative estimate of drug-likeness (QED) is 0.874. The van der Waals surface area contributed by atoms with E-state index in [2.05, 4.69) is 10.2 Å². The van der Waals surface area contributed by atoms with Crippen molar-refractivity contribution in [3.63, 3.8) is 0 Å². The van der Waals surface area contributed by atoms with Gasteiger partial charge in [0, 0.05) is 0 Å². The van der Waals surface area contributed by atoms with Crippen molar-refractivity contribution in [3.8, 4) is 5.75 Å². The molecule has 1 aromatic carbocycles. The molecule has 5 nitrogen and oxygen atoms in total. The number of para-hydroxylation sites is 1. The standard InChI is InChI=1S/C15H16N4OS/c1-2-6-11(7-3-1)20-10-14-16-17-15-19(14)18-12-8-4-5-9-13(12)21-15/h1-3,6-7,13H,4-5,8-10H2. The predicted octanol–water partition coefficient (Wildman–Crippen LogP) is 3.11. The lowest BCUT2D eigenvalue weighted by Crippen LogP contribution is -2.27. The van der Waals surface area contributed by atoms with Gasteiger partial charge in [-0.3, -0.25) is 0 Å². The maximum absolute atomic E-state index is 5.75. The van der Waals surface area contributed by atoms with Gasteiger partial charge in [-0.2, -0.15) is 9.78 Å². The van der Waals surface area contributed by atoms with Crippen LogP contribution in [-0.2, 0) is 6.61 Å². The van der Waals surface area contributed by atoms with Crippen molar-refractivity contribution in [1.82, 2.24) is 14.9 Å². The fourth-order valence-electron chi connectivity index (χ4n) is 2.68. The summed E-state index contributed by atoms with van der Waals surface area (Å²) in [6.45, 7) is 0.388. The van der Waals surface area contributed by atoms with Crippen molar-refractivity contribution in [3.05, 3.63) is 36.2 Å². The molecule has 2 aliphatic rings. The van der Waals surface area contributed by atoms with E-state index in [1.165, 1.54) is 25.0 Å². The van der Waals surface area contributed by atoms with E-state index >= 15 is 0 Å². The van der Waals surface area contributed by atoms with Gasteiger partial charge in [0.2, 0.25) is 5.16 Å². The van der Waals surface area contributed by atoms with Crippen LogP contribution in [0.4, 0.5) is 0 Å². The minimum atomic E-state index is 0.388. The molecule has 1 saturated carbocycles. The number of aromatic nitrogens is 3. The van der Waals surface area contributed by atoms with Crippen molar-refractivity contribution in [2.45, 2.75) is 42.7 Å². The molecule has 0 amide bonds. The number of nitrogens with zero attached hydrogens (tertiary/aromatic N) is 4. The van der Waals surface area contributed by atoms with Crippen LogP contribution < -0.4 is 4.74 Å². The summed E-state index contributed by atoms with van der Waals surface area (Å²) in [5.41, 5.74) is 1.28. The molecule has 1 fully saturated rings. The first-order valence-corrected chi connectivity index (χ1v) is 8.15. The lowest BCUT2D eigenvalue weighted by Gasteiger charge is -2.26. The minimum absolute atomic E-state index is 0.388. The van der Waals surface area contributed by atoms with Crippen LogP contribution in [0.25, 0.3) is 0 Å². The molecule has 21 heavy (non-hydrogen) atoms. The second-order valence-corrected chi connectivity index (χ2v) is 6.43. The van der Waals surface area contributed by atoms with Gasteiger partial charge < -0.3 is 4.74 Å².